The number of pyridine rings is 2. The zero-order valence-corrected chi connectivity index (χ0v) is 22.3. The Morgan fingerprint density at radius 1 is 0.789 bits per heavy atom. The molecule has 0 unspecified atom stereocenters. The zero-order valence-electron chi connectivity index (χ0n) is 20.8. The van der Waals surface area contributed by atoms with Crippen molar-refractivity contribution in [2.45, 2.75) is 20.0 Å². The Balaban J connectivity index is 1.38. The highest BCUT2D eigenvalue weighted by molar-refractivity contribution is 6.29. The second kappa shape index (κ2) is 10.6. The average molecular weight is 546 g/mol. The van der Waals surface area contributed by atoms with Crippen molar-refractivity contribution in [3.63, 3.8) is 0 Å². The minimum absolute atomic E-state index is 0.474. The Hall–Kier alpha value is -3.75. The number of hydrogen-bond acceptors (Lipinski definition) is 8. The molecule has 0 saturated heterocycles. The molecule has 192 valence electrons. The summed E-state index contributed by atoms with van der Waals surface area (Å²) in [4.78, 5) is 22.6. The Kier molecular flexibility index (Phi) is 6.82. The summed E-state index contributed by atoms with van der Waals surface area (Å²) in [6.45, 7) is 6.30. The molecule has 0 radical (unpaired) electrons. The van der Waals surface area contributed by atoms with Crippen molar-refractivity contribution >= 4 is 34.9 Å². The highest BCUT2D eigenvalue weighted by Crippen LogP contribution is 2.34. The molecule has 0 atom stereocenters. The van der Waals surface area contributed by atoms with E-state index in [0.29, 0.717) is 42.2 Å². The van der Waals surface area contributed by atoms with Crippen molar-refractivity contribution in [1.82, 2.24) is 24.9 Å². The van der Waals surface area contributed by atoms with E-state index in [0.717, 1.165) is 58.3 Å². The maximum absolute atomic E-state index is 6.11. The molecule has 0 bridgehead atoms. The molecule has 0 amide bonds. The first-order chi connectivity index (χ1) is 18.6. The molecule has 0 spiro atoms. The molecule has 1 aromatic carbocycles. The molecule has 0 N–H and O–H groups in total. The fourth-order valence-corrected chi connectivity index (χ4v) is 5.08. The van der Waals surface area contributed by atoms with Crippen LogP contribution in [0.25, 0.3) is 11.1 Å². The number of nitrogens with zero attached hydrogens (tertiary/aromatic N) is 7. The van der Waals surface area contributed by atoms with Crippen LogP contribution >= 0.6 is 23.2 Å². The number of benzene rings is 1. The van der Waals surface area contributed by atoms with Crippen LogP contribution in [-0.4, -0.2) is 62.8 Å². The van der Waals surface area contributed by atoms with E-state index in [9.17, 15) is 0 Å². The summed E-state index contributed by atoms with van der Waals surface area (Å²) in [6.07, 6.45) is 3.59. The molecule has 2 aliphatic heterocycles. The van der Waals surface area contributed by atoms with Gasteiger partial charge in [0.05, 0.1) is 18.7 Å². The SMILES string of the molecule is Cc1ccccc1-c1c(C2=NCCN2Cc2ccc(Cl)nc2)noc1C1=NCCN1Cc1ccc(Cl)nc1. The van der Waals surface area contributed by atoms with Gasteiger partial charge in [-0.05, 0) is 41.3 Å². The maximum Gasteiger partial charge on any atom is 0.210 e. The van der Waals surface area contributed by atoms with Crippen molar-refractivity contribution in [3.8, 4) is 11.1 Å². The molecule has 0 aliphatic carbocycles. The van der Waals surface area contributed by atoms with Crippen LogP contribution in [0, 0.1) is 6.92 Å². The number of halogens is 2. The molecular weight excluding hydrogens is 521 g/mol. The molecule has 10 heteroatoms. The van der Waals surface area contributed by atoms with E-state index in [-0.39, 0.29) is 0 Å². The van der Waals surface area contributed by atoms with Gasteiger partial charge in [-0.2, -0.15) is 0 Å². The van der Waals surface area contributed by atoms with Crippen LogP contribution in [0.3, 0.4) is 0 Å². The van der Waals surface area contributed by atoms with Crippen molar-refractivity contribution in [1.29, 1.82) is 0 Å². The predicted molar refractivity (Wildman–Crippen MR) is 149 cm³/mol. The summed E-state index contributed by atoms with van der Waals surface area (Å²) < 4.78 is 6.11. The van der Waals surface area contributed by atoms with E-state index >= 15 is 0 Å². The van der Waals surface area contributed by atoms with Gasteiger partial charge in [0.1, 0.15) is 10.3 Å². The predicted octanol–water partition coefficient (Wildman–Crippen LogP) is 5.27. The normalized spacial score (nSPS) is 15.2. The first-order valence-electron chi connectivity index (χ1n) is 12.4. The molecule has 0 fully saturated rings. The van der Waals surface area contributed by atoms with E-state index in [4.69, 9.17) is 37.7 Å². The van der Waals surface area contributed by atoms with Gasteiger partial charge in [0.25, 0.3) is 0 Å². The second-order valence-corrected chi connectivity index (χ2v) is 10.1. The van der Waals surface area contributed by atoms with E-state index in [2.05, 4.69) is 44.0 Å². The maximum atomic E-state index is 6.11. The number of amidine groups is 2. The lowest BCUT2D eigenvalue weighted by atomic mass is 9.97. The average Bonchev–Trinajstić information content (AvgIpc) is 3.67. The lowest BCUT2D eigenvalue weighted by Crippen LogP contribution is -2.29. The first kappa shape index (κ1) is 24.6. The third-order valence-electron chi connectivity index (χ3n) is 6.71. The van der Waals surface area contributed by atoms with Crippen LogP contribution in [0.2, 0.25) is 10.3 Å². The van der Waals surface area contributed by atoms with Gasteiger partial charge in [-0.25, -0.2) is 9.97 Å². The van der Waals surface area contributed by atoms with Gasteiger partial charge in [-0.3, -0.25) is 9.98 Å². The Morgan fingerprint density at radius 3 is 2.00 bits per heavy atom. The number of hydrogen-bond donors (Lipinski definition) is 0. The monoisotopic (exact) mass is 545 g/mol. The van der Waals surface area contributed by atoms with Gasteiger partial charge in [0.2, 0.25) is 5.76 Å². The summed E-state index contributed by atoms with van der Waals surface area (Å²) in [5, 5.41) is 5.55. The zero-order chi connectivity index (χ0) is 26.1. The van der Waals surface area contributed by atoms with Crippen LogP contribution < -0.4 is 0 Å². The van der Waals surface area contributed by atoms with Crippen molar-refractivity contribution < 1.29 is 4.52 Å². The van der Waals surface area contributed by atoms with Gasteiger partial charge in [0.15, 0.2) is 17.4 Å². The van der Waals surface area contributed by atoms with Gasteiger partial charge >= 0.3 is 0 Å². The van der Waals surface area contributed by atoms with Gasteiger partial charge in [0, 0.05) is 38.6 Å². The van der Waals surface area contributed by atoms with Crippen LogP contribution in [-0.2, 0) is 13.1 Å². The quantitative estimate of drug-likeness (QED) is 0.294. The third kappa shape index (κ3) is 4.89. The standard InChI is InChI=1S/C28H25Cl2N7O/c1-18-4-2-3-5-21(18)24-25(27-31-10-12-36(27)16-19-6-8-22(29)33-14-19)35-38-26(24)28-32-11-13-37(28)17-20-7-9-23(30)34-15-20/h2-9,14-15H,10-13,16-17H2,1H3. The lowest BCUT2D eigenvalue weighted by molar-refractivity contribution is 0.387. The number of aliphatic imine (C=N–C) groups is 2. The topological polar surface area (TPSA) is 83.0 Å². The fraction of sp³-hybridized carbons (Fsp3) is 0.250. The molecular formula is C28H25Cl2N7O. The lowest BCUT2D eigenvalue weighted by Gasteiger charge is -2.21. The Bertz CT molecular complexity index is 1420. The molecule has 5 heterocycles. The van der Waals surface area contributed by atoms with E-state index in [1.165, 1.54) is 0 Å². The fourth-order valence-electron chi connectivity index (χ4n) is 4.85. The Labute approximate surface area is 230 Å². The summed E-state index contributed by atoms with van der Waals surface area (Å²) in [7, 11) is 0. The molecule has 3 aromatic heterocycles. The second-order valence-electron chi connectivity index (χ2n) is 9.28. The molecule has 6 rings (SSSR count). The van der Waals surface area contributed by atoms with E-state index < -0.39 is 0 Å². The molecule has 38 heavy (non-hydrogen) atoms. The highest BCUT2D eigenvalue weighted by atomic mass is 35.5. The molecule has 8 nitrogen and oxygen atoms in total. The number of aryl methyl sites for hydroxylation is 1. The van der Waals surface area contributed by atoms with Crippen molar-refractivity contribution in [2.75, 3.05) is 26.2 Å². The summed E-state index contributed by atoms with van der Waals surface area (Å²) >= 11 is 12.0. The summed E-state index contributed by atoms with van der Waals surface area (Å²) in [5.74, 6) is 2.24. The van der Waals surface area contributed by atoms with E-state index in [1.54, 1.807) is 24.5 Å². The van der Waals surface area contributed by atoms with Crippen molar-refractivity contribution in [3.05, 3.63) is 99.4 Å². The minimum Gasteiger partial charge on any atom is -0.352 e. The first-order valence-corrected chi connectivity index (χ1v) is 13.2. The van der Waals surface area contributed by atoms with Gasteiger partial charge in [-0.15, -0.1) is 0 Å². The smallest absolute Gasteiger partial charge is 0.210 e. The van der Waals surface area contributed by atoms with Crippen LogP contribution in [0.5, 0.6) is 0 Å². The summed E-state index contributed by atoms with van der Waals surface area (Å²) in [6, 6.07) is 15.8. The van der Waals surface area contributed by atoms with Gasteiger partial charge in [-0.1, -0.05) is 64.8 Å². The minimum atomic E-state index is 0.474. The largest absolute Gasteiger partial charge is 0.352 e. The number of rotatable bonds is 7. The molecule has 0 saturated carbocycles. The van der Waals surface area contributed by atoms with Crippen LogP contribution in [0.1, 0.15) is 28.1 Å². The molecule has 4 aromatic rings. The molecule has 2 aliphatic rings. The summed E-state index contributed by atoms with van der Waals surface area (Å²) in [5.41, 5.74) is 5.89. The Morgan fingerprint density at radius 2 is 1.39 bits per heavy atom. The number of aromatic nitrogens is 3. The van der Waals surface area contributed by atoms with Crippen LogP contribution in [0.4, 0.5) is 0 Å². The van der Waals surface area contributed by atoms with E-state index in [1.807, 2.05) is 24.3 Å². The van der Waals surface area contributed by atoms with Crippen LogP contribution in [0.15, 0.2) is 75.4 Å². The third-order valence-corrected chi connectivity index (χ3v) is 7.15. The van der Waals surface area contributed by atoms with Gasteiger partial charge < -0.3 is 14.3 Å². The highest BCUT2D eigenvalue weighted by Gasteiger charge is 2.33. The van der Waals surface area contributed by atoms with Crippen molar-refractivity contribution in [2.24, 2.45) is 9.98 Å².